The third-order valence-corrected chi connectivity index (χ3v) is 10.3. The first-order valence-corrected chi connectivity index (χ1v) is 15.6. The quantitative estimate of drug-likeness (QED) is 0.332. The molecule has 0 radical (unpaired) electrons. The van der Waals surface area contributed by atoms with Gasteiger partial charge in [-0.2, -0.15) is 0 Å². The van der Waals surface area contributed by atoms with Gasteiger partial charge in [-0.1, -0.05) is 30.3 Å². The van der Waals surface area contributed by atoms with Crippen LogP contribution in [0, 0.1) is 13.8 Å². The Kier molecular flexibility index (Phi) is 9.13. The summed E-state index contributed by atoms with van der Waals surface area (Å²) in [4.78, 5) is 4.37. The van der Waals surface area contributed by atoms with Crippen molar-refractivity contribution in [1.29, 1.82) is 0 Å². The Balaban J connectivity index is 1.66. The fourth-order valence-electron chi connectivity index (χ4n) is 5.13. The van der Waals surface area contributed by atoms with Gasteiger partial charge in [-0.15, -0.1) is 11.3 Å². The molecule has 2 heterocycles. The molecule has 9 heteroatoms. The molecule has 2 N–H and O–H groups in total. The average molecular weight is 557 g/mol. The van der Waals surface area contributed by atoms with Crippen molar-refractivity contribution >= 4 is 27.0 Å². The smallest absolute Gasteiger partial charge is 0.275 e. The molecule has 0 saturated carbocycles. The zero-order valence-corrected chi connectivity index (χ0v) is 24.8. The number of nitrogens with one attached hydrogen (secondary N) is 2. The first kappa shape index (κ1) is 28.5. The molecule has 1 aromatic heterocycles. The molecule has 2 atom stereocenters. The van der Waals surface area contributed by atoms with Gasteiger partial charge in [-0.05, 0) is 84.7 Å². The lowest BCUT2D eigenvalue weighted by molar-refractivity contribution is 0.238. The highest BCUT2D eigenvalue weighted by Gasteiger charge is 2.32. The number of ether oxygens (including phenoxy) is 1. The van der Waals surface area contributed by atoms with Gasteiger partial charge in [0, 0.05) is 30.2 Å². The third kappa shape index (κ3) is 6.39. The molecular formula is C29H40N4O3S2. The molecule has 2 unspecified atom stereocenters. The first-order chi connectivity index (χ1) is 18.1. The van der Waals surface area contributed by atoms with Gasteiger partial charge in [-0.3, -0.25) is 4.31 Å². The van der Waals surface area contributed by atoms with Crippen molar-refractivity contribution in [2.24, 2.45) is 0 Å². The van der Waals surface area contributed by atoms with E-state index in [-0.39, 0.29) is 24.2 Å². The van der Waals surface area contributed by atoms with Crippen molar-refractivity contribution in [1.82, 2.24) is 15.6 Å². The number of anilines is 1. The molecule has 7 nitrogen and oxygen atoms in total. The Hall–Kier alpha value is -2.46. The third-order valence-electron chi connectivity index (χ3n) is 6.66. The number of aromatic nitrogens is 1. The number of hydrogen-bond donors (Lipinski definition) is 2. The van der Waals surface area contributed by atoms with Gasteiger partial charge in [0.1, 0.15) is 5.75 Å². The highest BCUT2D eigenvalue weighted by atomic mass is 32.2. The lowest BCUT2D eigenvalue weighted by Crippen LogP contribution is -2.45. The molecule has 38 heavy (non-hydrogen) atoms. The Morgan fingerprint density at radius 2 is 1.87 bits per heavy atom. The van der Waals surface area contributed by atoms with Crippen LogP contribution in [0.4, 0.5) is 5.69 Å². The lowest BCUT2D eigenvalue weighted by Gasteiger charge is -2.34. The first-order valence-electron chi connectivity index (χ1n) is 13.4. The van der Waals surface area contributed by atoms with Crippen LogP contribution in [-0.4, -0.2) is 38.1 Å². The average Bonchev–Trinajstić information content (AvgIpc) is 3.22. The second kappa shape index (κ2) is 12.2. The van der Waals surface area contributed by atoms with Crippen LogP contribution < -0.4 is 19.7 Å². The van der Waals surface area contributed by atoms with E-state index in [1.165, 1.54) is 21.2 Å². The summed E-state index contributed by atoms with van der Waals surface area (Å²) in [5.41, 5.74) is 3.37. The number of thiazole rings is 1. The molecule has 0 aliphatic carbocycles. The van der Waals surface area contributed by atoms with Crippen LogP contribution in [0.3, 0.4) is 0 Å². The van der Waals surface area contributed by atoms with Crippen molar-refractivity contribution in [2.75, 3.05) is 10.8 Å². The lowest BCUT2D eigenvalue weighted by atomic mass is 9.92. The van der Waals surface area contributed by atoms with Crippen LogP contribution in [0.15, 0.2) is 52.7 Å². The molecule has 1 saturated heterocycles. The van der Waals surface area contributed by atoms with Crippen LogP contribution in [-0.2, 0) is 16.6 Å². The van der Waals surface area contributed by atoms with Gasteiger partial charge in [0.25, 0.3) is 10.0 Å². The molecule has 1 aliphatic heterocycles. The number of piperidine rings is 1. The fourth-order valence-corrected chi connectivity index (χ4v) is 8.34. The van der Waals surface area contributed by atoms with Crippen molar-refractivity contribution in [2.45, 2.75) is 89.4 Å². The zero-order valence-electron chi connectivity index (χ0n) is 23.2. The van der Waals surface area contributed by atoms with E-state index in [1.807, 2.05) is 58.9 Å². The summed E-state index contributed by atoms with van der Waals surface area (Å²) < 4.78 is 35.6. The minimum atomic E-state index is -3.78. The van der Waals surface area contributed by atoms with Crippen molar-refractivity contribution in [3.8, 4) is 5.75 Å². The van der Waals surface area contributed by atoms with Crippen molar-refractivity contribution in [3.63, 3.8) is 0 Å². The fraction of sp³-hybridized carbons (Fsp3) is 0.483. The van der Waals surface area contributed by atoms with Gasteiger partial charge < -0.3 is 15.4 Å². The summed E-state index contributed by atoms with van der Waals surface area (Å²) >= 11 is 1.22. The van der Waals surface area contributed by atoms with Gasteiger partial charge in [0.2, 0.25) is 0 Å². The summed E-state index contributed by atoms with van der Waals surface area (Å²) in [5, 5.41) is 8.17. The maximum absolute atomic E-state index is 13.8. The van der Waals surface area contributed by atoms with Gasteiger partial charge in [0.05, 0.1) is 22.5 Å². The normalized spacial score (nSPS) is 18.2. The molecule has 206 valence electrons. The predicted molar refractivity (Wildman–Crippen MR) is 156 cm³/mol. The number of rotatable bonds is 10. The Bertz CT molecular complexity index is 1320. The minimum absolute atomic E-state index is 0.000710. The zero-order chi connectivity index (χ0) is 27.4. The van der Waals surface area contributed by atoms with E-state index in [0.29, 0.717) is 22.1 Å². The number of hydrogen-bond acceptors (Lipinski definition) is 7. The molecule has 0 bridgehead atoms. The van der Waals surface area contributed by atoms with Gasteiger partial charge in [-0.25, -0.2) is 13.4 Å². The molecule has 2 aromatic carbocycles. The molecule has 3 aromatic rings. The van der Waals surface area contributed by atoms with E-state index in [1.54, 1.807) is 6.92 Å². The minimum Gasteiger partial charge on any atom is -0.491 e. The topological polar surface area (TPSA) is 83.6 Å². The van der Waals surface area contributed by atoms with Crippen LogP contribution in [0.25, 0.3) is 0 Å². The number of nitrogens with zero attached hydrogens (tertiary/aromatic N) is 2. The number of benzene rings is 2. The van der Waals surface area contributed by atoms with Gasteiger partial charge >= 0.3 is 0 Å². The van der Waals surface area contributed by atoms with E-state index in [0.717, 1.165) is 35.7 Å². The Morgan fingerprint density at radius 1 is 1.13 bits per heavy atom. The summed E-state index contributed by atoms with van der Waals surface area (Å²) in [5.74, 6) is 0.766. The van der Waals surface area contributed by atoms with E-state index < -0.39 is 10.0 Å². The second-order valence-electron chi connectivity index (χ2n) is 10.4. The molecule has 0 amide bonds. The van der Waals surface area contributed by atoms with Crippen LogP contribution in [0.2, 0.25) is 0 Å². The van der Waals surface area contributed by atoms with Crippen LogP contribution in [0.5, 0.6) is 5.75 Å². The maximum Gasteiger partial charge on any atom is 0.275 e. The maximum atomic E-state index is 13.8. The monoisotopic (exact) mass is 556 g/mol. The van der Waals surface area contributed by atoms with Gasteiger partial charge in [0.15, 0.2) is 4.21 Å². The van der Waals surface area contributed by atoms with E-state index in [9.17, 15) is 8.42 Å². The van der Waals surface area contributed by atoms with E-state index in [2.05, 4.69) is 39.9 Å². The van der Waals surface area contributed by atoms with Crippen LogP contribution >= 0.6 is 11.3 Å². The van der Waals surface area contributed by atoms with Crippen molar-refractivity contribution < 1.29 is 13.2 Å². The molecule has 1 fully saturated rings. The molecule has 4 rings (SSSR count). The summed E-state index contributed by atoms with van der Waals surface area (Å²) in [7, 11) is -3.78. The van der Waals surface area contributed by atoms with Crippen LogP contribution in [0.1, 0.15) is 68.4 Å². The molecule has 1 aliphatic rings. The Labute approximate surface area is 231 Å². The van der Waals surface area contributed by atoms with E-state index in [4.69, 9.17) is 4.74 Å². The summed E-state index contributed by atoms with van der Waals surface area (Å²) in [6.45, 7) is 12.9. The molecule has 0 spiro atoms. The Morgan fingerprint density at radius 3 is 2.50 bits per heavy atom. The number of sulfonamides is 1. The van der Waals surface area contributed by atoms with E-state index >= 15 is 0 Å². The molecular weight excluding hydrogens is 516 g/mol. The summed E-state index contributed by atoms with van der Waals surface area (Å²) in [6, 6.07) is 16.4. The predicted octanol–water partition coefficient (Wildman–Crippen LogP) is 5.73. The van der Waals surface area contributed by atoms with Crippen molar-refractivity contribution in [3.05, 3.63) is 70.4 Å². The highest BCUT2D eigenvalue weighted by molar-refractivity contribution is 7.94. The highest BCUT2D eigenvalue weighted by Crippen LogP contribution is 2.34. The second-order valence-corrected chi connectivity index (χ2v) is 13.6. The SMILES string of the molecule is Cc1nc(C)c(S(=O)(=O)N(c2ccc(OC(C)C)c(CNC3CCCNC3c3ccccc3)c2)C(C)C)s1. The summed E-state index contributed by atoms with van der Waals surface area (Å²) in [6.07, 6.45) is 2.16. The number of aryl methyl sites for hydroxylation is 2. The standard InChI is InChI=1S/C29H40N4O3S2/c1-19(2)33(38(34,35)29-21(5)32-22(6)37-29)25-14-15-27(36-20(3)4)24(17-25)18-31-26-13-10-16-30-28(26)23-11-8-7-9-12-23/h7-9,11-12,14-15,17,19-20,26,28,30-31H,10,13,16,18H2,1-6H3. The largest absolute Gasteiger partial charge is 0.491 e.